The van der Waals surface area contributed by atoms with Gasteiger partial charge in [0.05, 0.1) is 33.2 Å². The van der Waals surface area contributed by atoms with E-state index < -0.39 is 21.8 Å². The number of benzene rings is 2. The first-order valence-corrected chi connectivity index (χ1v) is 28.1. The minimum absolute atomic E-state index is 0.0323. The van der Waals surface area contributed by atoms with E-state index in [2.05, 4.69) is 34.6 Å². The van der Waals surface area contributed by atoms with Crippen LogP contribution in [0.4, 0.5) is 11.4 Å². The molecule has 7 aliphatic rings. The molecule has 0 amide bonds. The quantitative estimate of drug-likeness (QED) is 0.0613. The second-order valence-corrected chi connectivity index (χ2v) is 24.3. The number of ether oxygens (including phenoxy) is 7. The maximum absolute atomic E-state index is 11.8. The molecular formula is C60H98N2O18. The summed E-state index contributed by atoms with van der Waals surface area (Å²) in [4.78, 5) is 52.0. The fourth-order valence-electron chi connectivity index (χ4n) is 10.8. The lowest BCUT2D eigenvalue weighted by molar-refractivity contribution is -0.385. The van der Waals surface area contributed by atoms with E-state index in [1.807, 2.05) is 0 Å². The van der Waals surface area contributed by atoms with Gasteiger partial charge in [-0.15, -0.1) is 0 Å². The molecule has 456 valence electrons. The largest absolute Gasteiger partial charge is 0.478 e. The molecule has 20 nitrogen and oxygen atoms in total. The lowest BCUT2D eigenvalue weighted by Gasteiger charge is -2.42. The molecule has 0 unspecified atom stereocenters. The second kappa shape index (κ2) is 37.6. The van der Waals surface area contributed by atoms with Gasteiger partial charge in [-0.05, 0) is 159 Å². The van der Waals surface area contributed by atoms with E-state index >= 15 is 0 Å². The predicted octanol–water partition coefficient (Wildman–Crippen LogP) is 10.1. The number of nitrogens with zero attached hydrogens (tertiary/aromatic N) is 2. The Kier molecular flexibility index (Phi) is 33.6. The van der Waals surface area contributed by atoms with E-state index in [-0.39, 0.29) is 35.3 Å². The van der Waals surface area contributed by atoms with E-state index in [0.717, 1.165) is 114 Å². The Balaban J connectivity index is 0.000000320. The standard InChI is InChI=1S/C13H15NO5.C8H16O.C7H5NO4.2C7H14O.2C6H12O2.C6H10O2/c1-18-8-9-6-12(7-9)19-13(15)10-2-4-11(5-3-10)14(16)17;1-8(2)4-7(5-8)6-9-3;9-7(10)5-1-3-6(4-2-5)8(11)12;1-7(2)3-6(4-7)5-8;1-6-3-7(4-6)5-8-2;3*1-8-4-5-2-6(7)3-5/h2-5,9,12H,6-8H2,1H3;7H,4-6H2,1-3H3;1-4H,(H,9,10);6,8H,3-5H2,1-2H3;6-7H,3-5H2,1-2H3;2*5-7H,2-4H2,1H3;5H,2-4H2,1H3. The topological polar surface area (TPSA) is 283 Å². The number of esters is 1. The van der Waals surface area contributed by atoms with Gasteiger partial charge >= 0.3 is 11.9 Å². The zero-order valence-corrected chi connectivity index (χ0v) is 49.7. The van der Waals surface area contributed by atoms with Gasteiger partial charge in [-0.2, -0.15) is 0 Å². The van der Waals surface area contributed by atoms with E-state index in [9.17, 15) is 34.6 Å². The van der Waals surface area contributed by atoms with Crippen molar-refractivity contribution in [2.45, 2.75) is 143 Å². The number of nitro benzene ring substituents is 2. The minimum atomic E-state index is -1.09. The van der Waals surface area contributed by atoms with Gasteiger partial charge < -0.3 is 53.6 Å². The highest BCUT2D eigenvalue weighted by Crippen LogP contribution is 2.45. The maximum Gasteiger partial charge on any atom is 0.338 e. The fraction of sp³-hybridized carbons (Fsp3) is 0.750. The van der Waals surface area contributed by atoms with Crippen LogP contribution in [0.25, 0.3) is 0 Å². The van der Waals surface area contributed by atoms with Gasteiger partial charge in [0, 0.05) is 126 Å². The molecule has 2 aromatic carbocycles. The van der Waals surface area contributed by atoms with Crippen LogP contribution in [0.2, 0.25) is 0 Å². The lowest BCUT2D eigenvalue weighted by atomic mass is 9.65. The molecule has 0 aliphatic heterocycles. The fourth-order valence-corrected chi connectivity index (χ4v) is 10.8. The molecule has 7 saturated carbocycles. The van der Waals surface area contributed by atoms with Gasteiger partial charge in [-0.1, -0.05) is 34.6 Å². The highest BCUT2D eigenvalue weighted by atomic mass is 16.6. The number of aliphatic hydroxyl groups excluding tert-OH is 3. The lowest BCUT2D eigenvalue weighted by Crippen LogP contribution is -2.35. The summed E-state index contributed by atoms with van der Waals surface area (Å²) in [6, 6.07) is 10.1. The van der Waals surface area contributed by atoms with Crippen molar-refractivity contribution in [1.82, 2.24) is 0 Å². The summed E-state index contributed by atoms with van der Waals surface area (Å²) in [7, 11) is 10.3. The van der Waals surface area contributed by atoms with Crippen molar-refractivity contribution >= 4 is 29.1 Å². The van der Waals surface area contributed by atoms with E-state index in [1.165, 1.54) is 74.9 Å². The summed E-state index contributed by atoms with van der Waals surface area (Å²) >= 11 is 0. The third kappa shape index (κ3) is 29.0. The Hall–Kier alpha value is -4.51. The van der Waals surface area contributed by atoms with Crippen molar-refractivity contribution in [2.75, 3.05) is 88.9 Å². The molecule has 0 aromatic heterocycles. The molecule has 0 saturated heterocycles. The van der Waals surface area contributed by atoms with Crippen LogP contribution in [0.1, 0.15) is 145 Å². The second-order valence-electron chi connectivity index (χ2n) is 24.3. The predicted molar refractivity (Wildman–Crippen MR) is 304 cm³/mol. The normalized spacial score (nSPS) is 25.2. The minimum Gasteiger partial charge on any atom is -0.478 e. The van der Waals surface area contributed by atoms with Gasteiger partial charge in [0.15, 0.2) is 0 Å². The molecule has 0 spiro atoms. The smallest absolute Gasteiger partial charge is 0.338 e. The summed E-state index contributed by atoms with van der Waals surface area (Å²) in [6.45, 7) is 16.8. The number of methoxy groups -OCH3 is 6. The van der Waals surface area contributed by atoms with Gasteiger partial charge in [0.1, 0.15) is 11.9 Å². The molecule has 0 heterocycles. The van der Waals surface area contributed by atoms with Gasteiger partial charge in [0.2, 0.25) is 0 Å². The molecule has 0 bridgehead atoms. The average Bonchev–Trinajstić information content (AvgIpc) is 3.34. The number of carboxylic acids is 1. The monoisotopic (exact) mass is 1130 g/mol. The molecule has 7 fully saturated rings. The summed E-state index contributed by atoms with van der Waals surface area (Å²) in [5, 5.41) is 55.3. The molecular weight excluding hydrogens is 1040 g/mol. The molecule has 0 atom stereocenters. The first-order chi connectivity index (χ1) is 37.8. The Morgan fingerprint density at radius 2 is 0.850 bits per heavy atom. The number of ketones is 1. The van der Waals surface area contributed by atoms with Crippen LogP contribution in [0.3, 0.4) is 0 Å². The molecule has 7 aliphatic carbocycles. The molecule has 0 radical (unpaired) electrons. The van der Waals surface area contributed by atoms with Crippen molar-refractivity contribution in [3.8, 4) is 0 Å². The molecule has 20 heteroatoms. The number of hydrogen-bond donors (Lipinski definition) is 4. The Morgan fingerprint density at radius 1 is 0.525 bits per heavy atom. The van der Waals surface area contributed by atoms with Crippen LogP contribution < -0.4 is 0 Å². The zero-order valence-electron chi connectivity index (χ0n) is 49.7. The summed E-state index contributed by atoms with van der Waals surface area (Å²) in [6.07, 6.45) is 14.6. The molecule has 9 rings (SSSR count). The third-order valence-corrected chi connectivity index (χ3v) is 15.1. The molecule has 2 aromatic rings. The number of rotatable bonds is 18. The number of carboxylic acid groups (broad SMARTS) is 1. The van der Waals surface area contributed by atoms with Crippen LogP contribution in [0.15, 0.2) is 48.5 Å². The number of carbonyl (C=O) groups is 3. The molecule has 4 N–H and O–H groups in total. The van der Waals surface area contributed by atoms with E-state index in [4.69, 9.17) is 53.6 Å². The van der Waals surface area contributed by atoms with E-state index in [1.54, 1.807) is 42.7 Å². The van der Waals surface area contributed by atoms with Crippen molar-refractivity contribution in [3.63, 3.8) is 0 Å². The van der Waals surface area contributed by atoms with Crippen LogP contribution >= 0.6 is 0 Å². The van der Waals surface area contributed by atoms with Crippen molar-refractivity contribution < 1.29 is 77.8 Å². The van der Waals surface area contributed by atoms with Crippen molar-refractivity contribution in [2.24, 2.45) is 58.2 Å². The van der Waals surface area contributed by atoms with Crippen LogP contribution in [0.5, 0.6) is 0 Å². The van der Waals surface area contributed by atoms with Crippen LogP contribution in [0, 0.1) is 78.4 Å². The van der Waals surface area contributed by atoms with Crippen molar-refractivity contribution in [3.05, 3.63) is 79.9 Å². The maximum atomic E-state index is 11.8. The Labute approximate surface area is 475 Å². The third-order valence-electron chi connectivity index (χ3n) is 15.1. The summed E-state index contributed by atoms with van der Waals surface area (Å²) in [5.41, 5.74) is 1.37. The van der Waals surface area contributed by atoms with Crippen LogP contribution in [-0.4, -0.2) is 155 Å². The first kappa shape index (κ1) is 71.6. The van der Waals surface area contributed by atoms with Gasteiger partial charge in [-0.25, -0.2) is 9.59 Å². The highest BCUT2D eigenvalue weighted by molar-refractivity contribution is 5.90. The first-order valence-electron chi connectivity index (χ1n) is 28.1. The number of Topliss-reactive ketones (excluding diaryl/α,β-unsaturated/α-hetero) is 1. The number of hydrogen-bond acceptors (Lipinski definition) is 17. The van der Waals surface area contributed by atoms with Gasteiger partial charge in [0.25, 0.3) is 11.4 Å². The zero-order chi connectivity index (χ0) is 60.0. The number of carbonyl (C=O) groups excluding carboxylic acids is 2. The Bertz CT molecular complexity index is 1950. The number of nitro groups is 2. The summed E-state index contributed by atoms with van der Waals surface area (Å²) < 4.78 is 34.9. The van der Waals surface area contributed by atoms with Crippen molar-refractivity contribution in [1.29, 1.82) is 0 Å². The van der Waals surface area contributed by atoms with Crippen LogP contribution in [-0.2, 0) is 38.0 Å². The highest BCUT2D eigenvalue weighted by Gasteiger charge is 2.36. The van der Waals surface area contributed by atoms with Gasteiger partial charge in [-0.3, -0.25) is 25.0 Å². The number of non-ortho nitro benzene ring substituents is 2. The van der Waals surface area contributed by atoms with E-state index in [0.29, 0.717) is 65.0 Å². The number of aromatic carboxylic acids is 1. The SMILES string of the molecule is CC1(C)CC(CO)C1.COCC1CC(=O)C1.COCC1CC(C)(C)C1.COCC1CC(C)C1.COCC1CC(O)C1.COCC1CC(O)C1.COCC1CC(OC(=O)c2ccc([N+](=O)[O-])cc2)C1.O=C(O)c1ccc([N+](=O)[O-])cc1. The Morgan fingerprint density at radius 3 is 1.14 bits per heavy atom. The number of aliphatic hydroxyl groups is 3. The molecule has 80 heavy (non-hydrogen) atoms. The summed E-state index contributed by atoms with van der Waals surface area (Å²) in [5.74, 6) is 4.44. The average molecular weight is 1140 g/mol.